The summed E-state index contributed by atoms with van der Waals surface area (Å²) in [6.07, 6.45) is 0.234. The molecule has 0 saturated carbocycles. The third-order valence-corrected chi connectivity index (χ3v) is 6.32. The Morgan fingerprint density at radius 1 is 1.26 bits per heavy atom. The summed E-state index contributed by atoms with van der Waals surface area (Å²) in [5.41, 5.74) is -0.526. The van der Waals surface area contributed by atoms with Crippen LogP contribution in [-0.2, 0) is 14.5 Å². The summed E-state index contributed by atoms with van der Waals surface area (Å²) < 4.78 is 25.4. The molecular formula is C13H26N2O3S. The Bertz CT molecular complexity index is 443. The Balaban J connectivity index is 2.73. The Kier molecular flexibility index (Phi) is 4.25. The molecule has 0 spiro atoms. The highest BCUT2D eigenvalue weighted by molar-refractivity contribution is 7.94. The largest absolute Gasteiger partial charge is 0.444 e. The van der Waals surface area contributed by atoms with Crippen molar-refractivity contribution in [1.82, 2.24) is 4.90 Å². The number of amides is 1. The highest BCUT2D eigenvalue weighted by Gasteiger charge is 2.39. The van der Waals surface area contributed by atoms with Crippen molar-refractivity contribution in [3.8, 4) is 0 Å². The van der Waals surface area contributed by atoms with Crippen molar-refractivity contribution in [1.29, 1.82) is 4.78 Å². The van der Waals surface area contributed by atoms with Gasteiger partial charge in [-0.05, 0) is 48.0 Å². The molecule has 1 amide bonds. The fraction of sp³-hybridized carbons (Fsp3) is 0.923. The first-order valence-electron chi connectivity index (χ1n) is 6.60. The lowest BCUT2D eigenvalue weighted by Crippen LogP contribution is -2.40. The number of carbonyl (C=O) groups is 1. The second kappa shape index (κ2) is 4.96. The van der Waals surface area contributed by atoms with E-state index in [1.807, 2.05) is 41.5 Å². The van der Waals surface area contributed by atoms with E-state index < -0.39 is 20.1 Å². The van der Waals surface area contributed by atoms with Gasteiger partial charge < -0.3 is 9.64 Å². The Morgan fingerprint density at radius 2 is 1.79 bits per heavy atom. The van der Waals surface area contributed by atoms with E-state index >= 15 is 0 Å². The SMILES string of the molecule is CC(C)(C)OC(=O)N1CCC(S(=N)(=O)C(C)(C)C)C1. The zero-order valence-electron chi connectivity index (χ0n) is 12.8. The molecule has 1 rings (SSSR count). The number of carbonyl (C=O) groups excluding carboxylic acids is 1. The smallest absolute Gasteiger partial charge is 0.410 e. The van der Waals surface area contributed by atoms with Crippen molar-refractivity contribution in [2.45, 2.75) is 63.6 Å². The van der Waals surface area contributed by atoms with Gasteiger partial charge in [0.1, 0.15) is 5.60 Å². The van der Waals surface area contributed by atoms with Gasteiger partial charge >= 0.3 is 6.09 Å². The van der Waals surface area contributed by atoms with Crippen molar-refractivity contribution in [3.63, 3.8) is 0 Å². The van der Waals surface area contributed by atoms with E-state index in [4.69, 9.17) is 9.52 Å². The van der Waals surface area contributed by atoms with E-state index in [0.717, 1.165) is 0 Å². The quantitative estimate of drug-likeness (QED) is 0.807. The van der Waals surface area contributed by atoms with Crippen LogP contribution in [0.1, 0.15) is 48.0 Å². The molecule has 1 saturated heterocycles. The van der Waals surface area contributed by atoms with Gasteiger partial charge in [-0.2, -0.15) is 0 Å². The van der Waals surface area contributed by atoms with Crippen LogP contribution in [0.4, 0.5) is 4.79 Å². The standard InChI is InChI=1S/C13H26N2O3S/c1-12(2,3)18-11(16)15-8-7-10(9-15)19(14,17)13(4,5)6/h10,14H,7-9H2,1-6H3. The lowest BCUT2D eigenvalue weighted by Gasteiger charge is -2.28. The topological polar surface area (TPSA) is 70.5 Å². The first-order valence-corrected chi connectivity index (χ1v) is 8.22. The second-order valence-electron chi connectivity index (χ2n) is 7.05. The minimum atomic E-state index is -2.74. The average Bonchev–Trinajstić information content (AvgIpc) is 2.61. The van der Waals surface area contributed by atoms with E-state index in [0.29, 0.717) is 19.5 Å². The first kappa shape index (κ1) is 16.3. The van der Waals surface area contributed by atoms with E-state index in [1.165, 1.54) is 0 Å². The molecule has 0 aromatic carbocycles. The molecule has 0 aromatic heterocycles. The van der Waals surface area contributed by atoms with Crippen LogP contribution < -0.4 is 0 Å². The van der Waals surface area contributed by atoms with Gasteiger partial charge in [0.05, 0.1) is 15.0 Å². The lowest BCUT2D eigenvalue weighted by atomic mass is 10.2. The lowest BCUT2D eigenvalue weighted by molar-refractivity contribution is 0.0295. The third kappa shape index (κ3) is 3.84. The fourth-order valence-electron chi connectivity index (χ4n) is 1.99. The van der Waals surface area contributed by atoms with Crippen LogP contribution in [-0.4, -0.2) is 43.9 Å². The molecule has 2 unspecified atom stereocenters. The molecule has 2 atom stereocenters. The number of hydrogen-bond donors (Lipinski definition) is 1. The van der Waals surface area contributed by atoms with Crippen molar-refractivity contribution in [3.05, 3.63) is 0 Å². The number of likely N-dealkylation sites (tertiary alicyclic amines) is 1. The van der Waals surface area contributed by atoms with Gasteiger partial charge in [0.15, 0.2) is 0 Å². The van der Waals surface area contributed by atoms with Crippen LogP contribution in [0.5, 0.6) is 0 Å². The van der Waals surface area contributed by atoms with Crippen molar-refractivity contribution in [2.75, 3.05) is 13.1 Å². The highest BCUT2D eigenvalue weighted by atomic mass is 32.2. The molecule has 0 bridgehead atoms. The molecule has 1 aliphatic heterocycles. The predicted octanol–water partition coefficient (Wildman–Crippen LogP) is 2.84. The molecule has 1 fully saturated rings. The summed E-state index contributed by atoms with van der Waals surface area (Å²) in [5, 5.41) is -0.264. The minimum absolute atomic E-state index is 0.264. The summed E-state index contributed by atoms with van der Waals surface area (Å²) in [7, 11) is -2.74. The molecule has 19 heavy (non-hydrogen) atoms. The van der Waals surface area contributed by atoms with Crippen LogP contribution in [0, 0.1) is 4.78 Å². The first-order chi connectivity index (χ1) is 8.34. The summed E-state index contributed by atoms with van der Waals surface area (Å²) in [6.45, 7) is 11.8. The van der Waals surface area contributed by atoms with Crippen LogP contribution >= 0.6 is 0 Å². The normalized spacial score (nSPS) is 24.1. The monoisotopic (exact) mass is 290 g/mol. The number of hydrogen-bond acceptors (Lipinski definition) is 4. The molecule has 5 nitrogen and oxygen atoms in total. The molecule has 6 heteroatoms. The summed E-state index contributed by atoms with van der Waals surface area (Å²) in [5.74, 6) is 0. The van der Waals surface area contributed by atoms with Crippen LogP contribution in [0.15, 0.2) is 0 Å². The molecule has 1 heterocycles. The van der Waals surface area contributed by atoms with Gasteiger partial charge in [0, 0.05) is 17.8 Å². The molecule has 1 N–H and O–H groups in total. The molecular weight excluding hydrogens is 264 g/mol. The fourth-order valence-corrected chi connectivity index (χ4v) is 3.82. The van der Waals surface area contributed by atoms with Crippen molar-refractivity contribution in [2.24, 2.45) is 0 Å². The summed E-state index contributed by atoms with van der Waals surface area (Å²) in [4.78, 5) is 13.5. The maximum Gasteiger partial charge on any atom is 0.410 e. The number of ether oxygens (including phenoxy) is 1. The highest BCUT2D eigenvalue weighted by Crippen LogP contribution is 2.28. The maximum absolute atomic E-state index is 12.6. The van der Waals surface area contributed by atoms with Gasteiger partial charge in [-0.1, -0.05) is 0 Å². The number of nitrogens with one attached hydrogen (secondary N) is 1. The number of rotatable bonds is 1. The molecule has 0 aromatic rings. The van der Waals surface area contributed by atoms with Gasteiger partial charge in [-0.25, -0.2) is 9.00 Å². The number of nitrogens with zero attached hydrogens (tertiary/aromatic N) is 1. The van der Waals surface area contributed by atoms with Crippen LogP contribution in [0.3, 0.4) is 0 Å². The van der Waals surface area contributed by atoms with Gasteiger partial charge in [0.2, 0.25) is 0 Å². The van der Waals surface area contributed by atoms with Crippen LogP contribution in [0.2, 0.25) is 0 Å². The van der Waals surface area contributed by atoms with Crippen molar-refractivity contribution >= 4 is 15.8 Å². The van der Waals surface area contributed by atoms with Gasteiger partial charge in [-0.15, -0.1) is 0 Å². The van der Waals surface area contributed by atoms with E-state index in [2.05, 4.69) is 0 Å². The minimum Gasteiger partial charge on any atom is -0.444 e. The van der Waals surface area contributed by atoms with E-state index in [9.17, 15) is 9.00 Å². The third-order valence-electron chi connectivity index (χ3n) is 3.18. The Morgan fingerprint density at radius 3 is 2.21 bits per heavy atom. The zero-order valence-corrected chi connectivity index (χ0v) is 13.6. The maximum atomic E-state index is 12.6. The van der Waals surface area contributed by atoms with E-state index in [-0.39, 0.29) is 11.3 Å². The Hall–Kier alpha value is -0.780. The van der Waals surface area contributed by atoms with Crippen LogP contribution in [0.25, 0.3) is 0 Å². The summed E-state index contributed by atoms with van der Waals surface area (Å²) in [6, 6.07) is 0. The van der Waals surface area contributed by atoms with Gasteiger partial charge in [-0.3, -0.25) is 4.78 Å². The van der Waals surface area contributed by atoms with Crippen molar-refractivity contribution < 1.29 is 13.7 Å². The predicted molar refractivity (Wildman–Crippen MR) is 76.8 cm³/mol. The zero-order chi connectivity index (χ0) is 15.1. The Labute approximate surface area is 116 Å². The molecule has 112 valence electrons. The molecule has 0 aliphatic carbocycles. The molecule has 0 radical (unpaired) electrons. The van der Waals surface area contributed by atoms with Gasteiger partial charge in [0.25, 0.3) is 0 Å². The average molecular weight is 290 g/mol. The second-order valence-corrected chi connectivity index (χ2v) is 10.1. The summed E-state index contributed by atoms with van der Waals surface area (Å²) >= 11 is 0. The van der Waals surface area contributed by atoms with E-state index in [1.54, 1.807) is 4.90 Å². The molecule has 1 aliphatic rings.